The van der Waals surface area contributed by atoms with Gasteiger partial charge in [0, 0.05) is 22.9 Å². The predicted molar refractivity (Wildman–Crippen MR) is 110 cm³/mol. The van der Waals surface area contributed by atoms with E-state index in [1.54, 1.807) is 30.3 Å². The van der Waals surface area contributed by atoms with Gasteiger partial charge in [0.1, 0.15) is 6.07 Å². The average molecular weight is 463 g/mol. The smallest absolute Gasteiger partial charge is 0.101 e. The molecule has 2 nitrogen and oxygen atoms in total. The van der Waals surface area contributed by atoms with Crippen LogP contribution in [0.15, 0.2) is 36.5 Å². The van der Waals surface area contributed by atoms with Crippen LogP contribution in [0.3, 0.4) is 0 Å². The monoisotopic (exact) mass is 460 g/mol. The maximum atomic E-state index is 9.24. The Labute approximate surface area is 179 Å². The molecule has 0 atom stereocenters. The highest BCUT2D eigenvalue weighted by Gasteiger charge is 2.19. The van der Waals surface area contributed by atoms with Gasteiger partial charge in [-0.25, -0.2) is 0 Å². The van der Waals surface area contributed by atoms with Gasteiger partial charge in [-0.05, 0) is 24.3 Å². The van der Waals surface area contributed by atoms with E-state index >= 15 is 0 Å². The van der Waals surface area contributed by atoms with Crippen LogP contribution in [0, 0.1) is 11.3 Å². The molecule has 3 aromatic rings. The van der Waals surface area contributed by atoms with Crippen molar-refractivity contribution in [2.75, 3.05) is 0 Å². The topological polar surface area (TPSA) is 36.7 Å². The van der Waals surface area contributed by atoms with Crippen LogP contribution in [0.1, 0.15) is 5.56 Å². The lowest BCUT2D eigenvalue weighted by Crippen LogP contribution is -1.94. The first-order valence-electron chi connectivity index (χ1n) is 7.03. The van der Waals surface area contributed by atoms with Crippen LogP contribution in [0.5, 0.6) is 0 Å². The molecule has 0 bridgehead atoms. The molecule has 0 amide bonds. The first-order valence-corrected chi connectivity index (χ1v) is 9.29. The van der Waals surface area contributed by atoms with Gasteiger partial charge >= 0.3 is 0 Å². The van der Waals surface area contributed by atoms with Gasteiger partial charge in [0.05, 0.1) is 41.4 Å². The summed E-state index contributed by atoms with van der Waals surface area (Å²) in [4.78, 5) is 4.38. The largest absolute Gasteiger partial charge is 0.254 e. The fourth-order valence-electron chi connectivity index (χ4n) is 2.39. The summed E-state index contributed by atoms with van der Waals surface area (Å²) in [7, 11) is 0. The number of nitriles is 1. The van der Waals surface area contributed by atoms with E-state index in [-0.39, 0.29) is 20.1 Å². The molecule has 0 aliphatic carbocycles. The Hall–Kier alpha value is -1.18. The summed E-state index contributed by atoms with van der Waals surface area (Å²) in [5, 5.41) is 10.8. The van der Waals surface area contributed by atoms with Crippen LogP contribution in [0.25, 0.3) is 22.4 Å². The van der Waals surface area contributed by atoms with E-state index in [4.69, 9.17) is 69.6 Å². The molecule has 26 heavy (non-hydrogen) atoms. The Kier molecular flexibility index (Phi) is 5.89. The highest BCUT2D eigenvalue weighted by Crippen LogP contribution is 2.44. The van der Waals surface area contributed by atoms with E-state index in [1.165, 1.54) is 6.20 Å². The van der Waals surface area contributed by atoms with E-state index < -0.39 is 0 Å². The second-order valence-electron chi connectivity index (χ2n) is 5.18. The van der Waals surface area contributed by atoms with Crippen molar-refractivity contribution in [3.8, 4) is 28.5 Å². The zero-order valence-electron chi connectivity index (χ0n) is 12.6. The zero-order valence-corrected chi connectivity index (χ0v) is 17.2. The Bertz CT molecular complexity index is 1070. The highest BCUT2D eigenvalue weighted by atomic mass is 35.5. The van der Waals surface area contributed by atoms with Crippen molar-refractivity contribution in [3.63, 3.8) is 0 Å². The summed E-state index contributed by atoms with van der Waals surface area (Å²) in [6, 6.07) is 10.3. The number of halogens is 6. The molecule has 0 unspecified atom stereocenters. The van der Waals surface area contributed by atoms with Crippen molar-refractivity contribution in [1.82, 2.24) is 4.98 Å². The second-order valence-corrected chi connectivity index (χ2v) is 7.50. The minimum Gasteiger partial charge on any atom is -0.254 e. The second kappa shape index (κ2) is 7.82. The minimum absolute atomic E-state index is 0.208. The van der Waals surface area contributed by atoms with Crippen molar-refractivity contribution < 1.29 is 0 Å². The van der Waals surface area contributed by atoms with Gasteiger partial charge < -0.3 is 0 Å². The molecule has 0 saturated heterocycles. The van der Waals surface area contributed by atoms with Crippen LogP contribution in [-0.2, 0) is 0 Å². The Morgan fingerprint density at radius 2 is 1.23 bits per heavy atom. The van der Waals surface area contributed by atoms with Gasteiger partial charge in [-0.15, -0.1) is 0 Å². The van der Waals surface area contributed by atoms with Gasteiger partial charge in [0.2, 0.25) is 0 Å². The van der Waals surface area contributed by atoms with E-state index in [9.17, 15) is 5.26 Å². The molecule has 0 radical (unpaired) electrons. The summed E-state index contributed by atoms with van der Waals surface area (Å²) < 4.78 is 0. The molecule has 1 heterocycles. The molecule has 0 N–H and O–H groups in total. The Morgan fingerprint density at radius 3 is 1.81 bits per heavy atom. The molecule has 0 aliphatic heterocycles. The number of rotatable bonds is 2. The summed E-state index contributed by atoms with van der Waals surface area (Å²) in [5.74, 6) is 0. The molecular formula is C18H6Cl6N2. The Morgan fingerprint density at radius 1 is 0.692 bits per heavy atom. The number of benzene rings is 2. The van der Waals surface area contributed by atoms with Crippen molar-refractivity contribution in [1.29, 1.82) is 5.26 Å². The van der Waals surface area contributed by atoms with Gasteiger partial charge in [0.15, 0.2) is 0 Å². The Balaban J connectivity index is 2.35. The van der Waals surface area contributed by atoms with Gasteiger partial charge in [0.25, 0.3) is 0 Å². The summed E-state index contributed by atoms with van der Waals surface area (Å²) in [6.45, 7) is 0. The predicted octanol–water partition coefficient (Wildman–Crippen LogP) is 8.21. The van der Waals surface area contributed by atoms with Crippen molar-refractivity contribution in [2.24, 2.45) is 0 Å². The first kappa shape index (κ1) is 19.6. The third-order valence-electron chi connectivity index (χ3n) is 3.63. The van der Waals surface area contributed by atoms with E-state index in [0.717, 1.165) is 0 Å². The molecule has 0 fully saturated rings. The molecule has 0 aliphatic rings. The molecule has 2 aromatic carbocycles. The lowest BCUT2D eigenvalue weighted by Gasteiger charge is -2.14. The van der Waals surface area contributed by atoms with Crippen molar-refractivity contribution in [2.45, 2.75) is 0 Å². The number of hydrogen-bond acceptors (Lipinski definition) is 2. The molecule has 0 saturated carbocycles. The maximum Gasteiger partial charge on any atom is 0.101 e. The molecular weight excluding hydrogens is 457 g/mol. The van der Waals surface area contributed by atoms with Gasteiger partial charge in [-0.2, -0.15) is 5.26 Å². The minimum atomic E-state index is 0.208. The van der Waals surface area contributed by atoms with E-state index in [2.05, 4.69) is 11.1 Å². The van der Waals surface area contributed by atoms with Crippen LogP contribution in [0.4, 0.5) is 0 Å². The number of pyridine rings is 1. The van der Waals surface area contributed by atoms with Crippen LogP contribution in [-0.4, -0.2) is 4.98 Å². The standard InChI is InChI=1S/C18H6Cl6N2/c19-12-3-1-9(14(21)16(12)23)11-5-8(6-25)7-26-18(11)10-2-4-13(20)17(24)15(10)22/h1-5,7H. The summed E-state index contributed by atoms with van der Waals surface area (Å²) >= 11 is 37.1. The molecule has 0 spiro atoms. The molecule has 8 heteroatoms. The molecule has 130 valence electrons. The lowest BCUT2D eigenvalue weighted by molar-refractivity contribution is 1.30. The maximum absolute atomic E-state index is 9.24. The van der Waals surface area contributed by atoms with E-state index in [1.807, 2.05) is 0 Å². The van der Waals surface area contributed by atoms with Crippen LogP contribution in [0.2, 0.25) is 30.1 Å². The third-order valence-corrected chi connectivity index (χ3v) is 6.22. The highest BCUT2D eigenvalue weighted by molar-refractivity contribution is 6.50. The normalized spacial score (nSPS) is 10.7. The summed E-state index contributed by atoms with van der Waals surface area (Å²) in [5.41, 5.74) is 2.49. The van der Waals surface area contributed by atoms with Crippen molar-refractivity contribution >= 4 is 69.6 Å². The number of nitrogens with zero attached hydrogens (tertiary/aromatic N) is 2. The first-order chi connectivity index (χ1) is 12.3. The van der Waals surface area contributed by atoms with E-state index in [0.29, 0.717) is 38.0 Å². The summed E-state index contributed by atoms with van der Waals surface area (Å²) in [6.07, 6.45) is 1.43. The van der Waals surface area contributed by atoms with Crippen LogP contribution >= 0.6 is 69.6 Å². The average Bonchev–Trinajstić information content (AvgIpc) is 2.64. The fraction of sp³-hybridized carbons (Fsp3) is 0. The SMILES string of the molecule is N#Cc1cnc(-c2ccc(Cl)c(Cl)c2Cl)c(-c2ccc(Cl)c(Cl)c2Cl)c1. The van der Waals surface area contributed by atoms with Gasteiger partial charge in [-0.1, -0.05) is 75.7 Å². The number of aromatic nitrogens is 1. The van der Waals surface area contributed by atoms with Crippen LogP contribution < -0.4 is 0 Å². The quantitative estimate of drug-likeness (QED) is 0.360. The van der Waals surface area contributed by atoms with Crippen molar-refractivity contribution in [3.05, 3.63) is 72.2 Å². The zero-order chi connectivity index (χ0) is 19.0. The molecule has 3 rings (SSSR count). The lowest BCUT2D eigenvalue weighted by atomic mass is 9.98. The number of hydrogen-bond donors (Lipinski definition) is 0. The fourth-order valence-corrected chi connectivity index (χ4v) is 3.65. The molecule has 1 aromatic heterocycles. The third kappa shape index (κ3) is 3.49. The van der Waals surface area contributed by atoms with Gasteiger partial charge in [-0.3, -0.25) is 4.98 Å².